The number of carbonyl (C=O) groups is 1. The number of nitrogens with zero attached hydrogens (tertiary/aromatic N) is 3. The van der Waals surface area contributed by atoms with E-state index < -0.39 is 0 Å². The van der Waals surface area contributed by atoms with E-state index in [1.165, 1.54) is 0 Å². The lowest BCUT2D eigenvalue weighted by Crippen LogP contribution is -2.47. The van der Waals surface area contributed by atoms with Crippen LogP contribution in [0.5, 0.6) is 0 Å². The molecule has 0 spiro atoms. The van der Waals surface area contributed by atoms with Gasteiger partial charge in [-0.25, -0.2) is 0 Å². The molecule has 118 valence electrons. The van der Waals surface area contributed by atoms with Gasteiger partial charge in [0.25, 0.3) is 0 Å². The van der Waals surface area contributed by atoms with Crippen molar-refractivity contribution < 1.29 is 9.53 Å². The Hall–Kier alpha value is -1.90. The van der Waals surface area contributed by atoms with Crippen LogP contribution in [0.4, 0.5) is 5.69 Å². The largest absolute Gasteiger partial charge is 0.380 e. The Morgan fingerprint density at radius 3 is 2.64 bits per heavy atom. The first kappa shape index (κ1) is 16.5. The first-order chi connectivity index (χ1) is 10.7. The first-order valence-corrected chi connectivity index (χ1v) is 7.75. The van der Waals surface area contributed by atoms with Crippen molar-refractivity contribution >= 4 is 11.5 Å². The Balaban J connectivity index is 2.04. The maximum absolute atomic E-state index is 11.8. The molecule has 2 rings (SSSR count). The SMILES string of the molecule is CCOCCN1CCN(c2cc(C#N)ccc2C(C)=O)CC1. The van der Waals surface area contributed by atoms with E-state index in [0.717, 1.165) is 51.6 Å². The summed E-state index contributed by atoms with van der Waals surface area (Å²) in [5.74, 6) is 0.0401. The van der Waals surface area contributed by atoms with Gasteiger partial charge in [-0.1, -0.05) is 0 Å². The van der Waals surface area contributed by atoms with Gasteiger partial charge < -0.3 is 9.64 Å². The number of Topliss-reactive ketones (excluding diaryl/α,β-unsaturated/α-hetero) is 1. The van der Waals surface area contributed by atoms with Gasteiger partial charge in [-0.3, -0.25) is 9.69 Å². The lowest BCUT2D eigenvalue weighted by Gasteiger charge is -2.36. The van der Waals surface area contributed by atoms with E-state index in [2.05, 4.69) is 15.9 Å². The molecule has 1 fully saturated rings. The van der Waals surface area contributed by atoms with Crippen LogP contribution in [-0.4, -0.2) is 56.6 Å². The Kier molecular flexibility index (Phi) is 5.93. The summed E-state index contributed by atoms with van der Waals surface area (Å²) in [6.07, 6.45) is 0. The zero-order chi connectivity index (χ0) is 15.9. The quantitative estimate of drug-likeness (QED) is 0.593. The Bertz CT molecular complexity index is 558. The fraction of sp³-hybridized carbons (Fsp3) is 0.529. The third-order valence-electron chi connectivity index (χ3n) is 3.98. The van der Waals surface area contributed by atoms with Crippen LogP contribution in [0.15, 0.2) is 18.2 Å². The number of piperazine rings is 1. The molecule has 0 radical (unpaired) electrons. The summed E-state index contributed by atoms with van der Waals surface area (Å²) in [6, 6.07) is 7.45. The predicted molar refractivity (Wildman–Crippen MR) is 86.3 cm³/mol. The third kappa shape index (κ3) is 4.06. The van der Waals surface area contributed by atoms with Crippen molar-refractivity contribution in [2.24, 2.45) is 0 Å². The molecule has 5 heteroatoms. The van der Waals surface area contributed by atoms with Crippen molar-refractivity contribution in [1.82, 2.24) is 4.90 Å². The van der Waals surface area contributed by atoms with E-state index in [1.807, 2.05) is 13.0 Å². The number of nitriles is 1. The number of hydrogen-bond acceptors (Lipinski definition) is 5. The molecule has 0 aliphatic carbocycles. The van der Waals surface area contributed by atoms with Gasteiger partial charge in [-0.15, -0.1) is 0 Å². The number of benzene rings is 1. The van der Waals surface area contributed by atoms with Crippen molar-refractivity contribution in [3.8, 4) is 6.07 Å². The van der Waals surface area contributed by atoms with Gasteiger partial charge in [0, 0.05) is 50.6 Å². The smallest absolute Gasteiger partial charge is 0.161 e. The highest BCUT2D eigenvalue weighted by molar-refractivity contribution is 6.00. The highest BCUT2D eigenvalue weighted by atomic mass is 16.5. The highest BCUT2D eigenvalue weighted by Gasteiger charge is 2.20. The lowest BCUT2D eigenvalue weighted by molar-refractivity contribution is 0.101. The molecule has 0 unspecified atom stereocenters. The van der Waals surface area contributed by atoms with Crippen LogP contribution in [0.25, 0.3) is 0 Å². The maximum atomic E-state index is 11.8. The van der Waals surface area contributed by atoms with E-state index in [1.54, 1.807) is 19.1 Å². The summed E-state index contributed by atoms with van der Waals surface area (Å²) < 4.78 is 5.39. The zero-order valence-corrected chi connectivity index (χ0v) is 13.3. The van der Waals surface area contributed by atoms with Gasteiger partial charge in [0.05, 0.1) is 18.2 Å². The van der Waals surface area contributed by atoms with Crippen molar-refractivity contribution in [3.63, 3.8) is 0 Å². The second kappa shape index (κ2) is 7.92. The molecule has 1 aromatic carbocycles. The molecule has 0 amide bonds. The van der Waals surface area contributed by atoms with Crippen LogP contribution in [-0.2, 0) is 4.74 Å². The molecule has 1 aliphatic heterocycles. The van der Waals surface area contributed by atoms with Gasteiger partial charge in [-0.05, 0) is 32.0 Å². The van der Waals surface area contributed by atoms with E-state index in [-0.39, 0.29) is 5.78 Å². The van der Waals surface area contributed by atoms with Gasteiger partial charge in [0.15, 0.2) is 5.78 Å². The Morgan fingerprint density at radius 1 is 1.32 bits per heavy atom. The summed E-state index contributed by atoms with van der Waals surface area (Å²) in [4.78, 5) is 16.4. The third-order valence-corrected chi connectivity index (χ3v) is 3.98. The van der Waals surface area contributed by atoms with E-state index in [4.69, 9.17) is 10.00 Å². The summed E-state index contributed by atoms with van der Waals surface area (Å²) in [7, 11) is 0. The second-order valence-electron chi connectivity index (χ2n) is 5.43. The number of hydrogen-bond donors (Lipinski definition) is 0. The molecular weight excluding hydrogens is 278 g/mol. The minimum atomic E-state index is 0.0401. The van der Waals surface area contributed by atoms with E-state index in [0.29, 0.717) is 11.1 Å². The van der Waals surface area contributed by atoms with Gasteiger partial charge in [0.2, 0.25) is 0 Å². The monoisotopic (exact) mass is 301 g/mol. The van der Waals surface area contributed by atoms with Crippen molar-refractivity contribution in [2.75, 3.05) is 50.8 Å². The van der Waals surface area contributed by atoms with Gasteiger partial charge >= 0.3 is 0 Å². The molecule has 1 heterocycles. The number of anilines is 1. The maximum Gasteiger partial charge on any atom is 0.161 e. The Morgan fingerprint density at radius 2 is 2.05 bits per heavy atom. The van der Waals surface area contributed by atoms with Gasteiger partial charge in [-0.2, -0.15) is 5.26 Å². The number of ether oxygens (including phenoxy) is 1. The first-order valence-electron chi connectivity index (χ1n) is 7.75. The summed E-state index contributed by atoms with van der Waals surface area (Å²) in [5.41, 5.74) is 2.18. The standard InChI is InChI=1S/C17H23N3O2/c1-3-22-11-10-19-6-8-20(9-7-19)17-12-15(13-18)4-5-16(17)14(2)21/h4-5,12H,3,6-11H2,1-2H3. The van der Waals surface area contributed by atoms with Crippen LogP contribution >= 0.6 is 0 Å². The number of carbonyl (C=O) groups excluding carboxylic acids is 1. The van der Waals surface area contributed by atoms with Crippen molar-refractivity contribution in [2.45, 2.75) is 13.8 Å². The molecule has 1 saturated heterocycles. The number of rotatable bonds is 6. The van der Waals surface area contributed by atoms with Crippen LogP contribution in [0, 0.1) is 11.3 Å². The minimum absolute atomic E-state index is 0.0401. The highest BCUT2D eigenvalue weighted by Crippen LogP contribution is 2.24. The molecule has 0 N–H and O–H groups in total. The van der Waals surface area contributed by atoms with Crippen molar-refractivity contribution in [3.05, 3.63) is 29.3 Å². The second-order valence-corrected chi connectivity index (χ2v) is 5.43. The summed E-state index contributed by atoms with van der Waals surface area (Å²) >= 11 is 0. The normalized spacial score (nSPS) is 15.6. The average Bonchev–Trinajstić information content (AvgIpc) is 2.55. The van der Waals surface area contributed by atoms with E-state index in [9.17, 15) is 4.79 Å². The predicted octanol–water partition coefficient (Wildman–Crippen LogP) is 1.92. The van der Waals surface area contributed by atoms with Crippen LogP contribution in [0.3, 0.4) is 0 Å². The summed E-state index contributed by atoms with van der Waals surface area (Å²) in [5, 5.41) is 9.08. The van der Waals surface area contributed by atoms with Crippen LogP contribution in [0.1, 0.15) is 29.8 Å². The Labute approximate surface area is 132 Å². The topological polar surface area (TPSA) is 56.6 Å². The molecule has 0 aromatic heterocycles. The van der Waals surface area contributed by atoms with Crippen LogP contribution in [0.2, 0.25) is 0 Å². The number of ketones is 1. The van der Waals surface area contributed by atoms with Crippen LogP contribution < -0.4 is 4.90 Å². The molecule has 5 nitrogen and oxygen atoms in total. The summed E-state index contributed by atoms with van der Waals surface area (Å²) in [6.45, 7) is 9.65. The lowest BCUT2D eigenvalue weighted by atomic mass is 10.0. The molecule has 0 atom stereocenters. The van der Waals surface area contributed by atoms with Crippen molar-refractivity contribution in [1.29, 1.82) is 5.26 Å². The molecule has 22 heavy (non-hydrogen) atoms. The fourth-order valence-electron chi connectivity index (χ4n) is 2.71. The fourth-order valence-corrected chi connectivity index (χ4v) is 2.71. The van der Waals surface area contributed by atoms with Gasteiger partial charge in [0.1, 0.15) is 0 Å². The molecule has 1 aromatic rings. The molecular formula is C17H23N3O2. The zero-order valence-electron chi connectivity index (χ0n) is 13.3. The minimum Gasteiger partial charge on any atom is -0.380 e. The average molecular weight is 301 g/mol. The van der Waals surface area contributed by atoms with E-state index >= 15 is 0 Å². The molecule has 0 bridgehead atoms. The molecule has 0 saturated carbocycles. The molecule has 1 aliphatic rings.